The minimum Gasteiger partial charge on any atom is -0.352 e. The first-order chi connectivity index (χ1) is 13.0. The summed E-state index contributed by atoms with van der Waals surface area (Å²) < 4.78 is 1.93. The number of amides is 3. The number of hydrogen-bond donors (Lipinski definition) is 3. The van der Waals surface area contributed by atoms with E-state index in [0.29, 0.717) is 13.1 Å². The van der Waals surface area contributed by atoms with Crippen molar-refractivity contribution in [3.8, 4) is 0 Å². The van der Waals surface area contributed by atoms with Crippen molar-refractivity contribution in [3.05, 3.63) is 53.6 Å². The molecule has 2 aromatic rings. The number of benzene rings is 1. The highest BCUT2D eigenvalue weighted by Gasteiger charge is 2.32. The van der Waals surface area contributed by atoms with Gasteiger partial charge in [-0.3, -0.25) is 4.79 Å². The van der Waals surface area contributed by atoms with Gasteiger partial charge in [-0.2, -0.15) is 0 Å². The number of nitrogens with two attached hydrogens (primary N) is 1. The van der Waals surface area contributed by atoms with Crippen molar-refractivity contribution in [1.29, 1.82) is 0 Å². The number of piperazine rings is 1. The Kier molecular flexibility index (Phi) is 7.42. The van der Waals surface area contributed by atoms with Crippen LogP contribution in [-0.2, 0) is 11.8 Å². The number of aryl methyl sites for hydroxylation is 2. The molecule has 1 fully saturated rings. The highest BCUT2D eigenvalue weighted by Crippen LogP contribution is 2.25. The molecule has 8 nitrogen and oxygen atoms in total. The Morgan fingerprint density at radius 2 is 2.21 bits per heavy atom. The fourth-order valence-corrected chi connectivity index (χ4v) is 3.53. The summed E-state index contributed by atoms with van der Waals surface area (Å²) in [5.41, 5.74) is 7.27. The number of hydrogen-bond acceptors (Lipinski definition) is 4. The van der Waals surface area contributed by atoms with Crippen LogP contribution in [0.2, 0.25) is 0 Å². The molecule has 152 valence electrons. The van der Waals surface area contributed by atoms with Crippen LogP contribution in [0.5, 0.6) is 0 Å². The lowest BCUT2D eigenvalue weighted by Gasteiger charge is -2.36. The van der Waals surface area contributed by atoms with Crippen LogP contribution < -0.4 is 16.4 Å². The van der Waals surface area contributed by atoms with E-state index in [2.05, 4.69) is 15.6 Å². The number of nitrogens with one attached hydrogen (secondary N) is 2. The molecule has 1 aromatic heterocycles. The van der Waals surface area contributed by atoms with Gasteiger partial charge in [0.2, 0.25) is 5.91 Å². The van der Waals surface area contributed by atoms with E-state index in [1.54, 1.807) is 6.20 Å². The highest BCUT2D eigenvalue weighted by atomic mass is 35.5. The summed E-state index contributed by atoms with van der Waals surface area (Å²) in [5, 5.41) is 6.03. The number of nitrogens with zero attached hydrogens (tertiary/aromatic N) is 3. The van der Waals surface area contributed by atoms with Gasteiger partial charge in [0.25, 0.3) is 0 Å². The van der Waals surface area contributed by atoms with E-state index in [9.17, 15) is 9.59 Å². The fraction of sp³-hybridized carbons (Fsp3) is 0.421. The SMILES string of the molecule is Cc1cccc(C(CC(=O)N2CCNCC2c2nccn2C)NC(N)=O)c1.Cl. The lowest BCUT2D eigenvalue weighted by molar-refractivity contribution is -0.135. The second kappa shape index (κ2) is 9.57. The number of urea groups is 1. The molecule has 0 bridgehead atoms. The summed E-state index contributed by atoms with van der Waals surface area (Å²) in [5.74, 6) is 0.801. The van der Waals surface area contributed by atoms with Crippen LogP contribution >= 0.6 is 12.4 Å². The number of carbonyl (C=O) groups excluding carboxylic acids is 2. The first-order valence-electron chi connectivity index (χ1n) is 9.05. The smallest absolute Gasteiger partial charge is 0.312 e. The van der Waals surface area contributed by atoms with Crippen molar-refractivity contribution >= 4 is 24.3 Å². The van der Waals surface area contributed by atoms with Gasteiger partial charge in [-0.1, -0.05) is 29.8 Å². The van der Waals surface area contributed by atoms with E-state index >= 15 is 0 Å². The van der Waals surface area contributed by atoms with Gasteiger partial charge in [0.1, 0.15) is 11.9 Å². The molecule has 0 radical (unpaired) electrons. The van der Waals surface area contributed by atoms with E-state index < -0.39 is 12.1 Å². The first-order valence-corrected chi connectivity index (χ1v) is 9.05. The average Bonchev–Trinajstić information content (AvgIpc) is 3.06. The predicted octanol–water partition coefficient (Wildman–Crippen LogP) is 1.42. The Morgan fingerprint density at radius 1 is 1.43 bits per heavy atom. The molecule has 2 heterocycles. The molecule has 1 aliphatic heterocycles. The molecule has 0 aliphatic carbocycles. The average molecular weight is 407 g/mol. The number of primary amides is 1. The molecule has 2 atom stereocenters. The van der Waals surface area contributed by atoms with Gasteiger partial charge >= 0.3 is 6.03 Å². The molecule has 1 saturated heterocycles. The van der Waals surface area contributed by atoms with Crippen LogP contribution in [0.3, 0.4) is 0 Å². The van der Waals surface area contributed by atoms with Crippen LogP contribution in [0.25, 0.3) is 0 Å². The summed E-state index contributed by atoms with van der Waals surface area (Å²) >= 11 is 0. The molecule has 9 heteroatoms. The van der Waals surface area contributed by atoms with Crippen molar-refractivity contribution in [3.63, 3.8) is 0 Å². The van der Waals surface area contributed by atoms with E-state index in [4.69, 9.17) is 5.73 Å². The third kappa shape index (κ3) is 5.02. The molecule has 0 saturated carbocycles. The Balaban J connectivity index is 0.00000280. The topological polar surface area (TPSA) is 105 Å². The van der Waals surface area contributed by atoms with Gasteiger partial charge in [-0.05, 0) is 12.5 Å². The van der Waals surface area contributed by atoms with E-state index in [1.807, 2.05) is 53.9 Å². The van der Waals surface area contributed by atoms with E-state index in [0.717, 1.165) is 23.5 Å². The van der Waals surface area contributed by atoms with Gasteiger partial charge in [0.05, 0.1) is 12.5 Å². The number of aromatic nitrogens is 2. The standard InChI is InChI=1S/C19H26N6O2.ClH/c1-13-4-3-5-14(10-13)15(23-19(20)27)11-17(26)25-9-6-21-12-16(25)18-22-7-8-24(18)2;/h3-5,7-8,10,15-16,21H,6,9,11-12H2,1-2H3,(H3,20,23,27);1H. The van der Waals surface area contributed by atoms with Crippen LogP contribution in [-0.4, -0.2) is 46.0 Å². The molecule has 3 rings (SSSR count). The summed E-state index contributed by atoms with van der Waals surface area (Å²) in [4.78, 5) is 30.9. The molecular weight excluding hydrogens is 380 g/mol. The second-order valence-corrected chi connectivity index (χ2v) is 6.88. The third-order valence-corrected chi connectivity index (χ3v) is 4.86. The molecule has 3 amide bonds. The summed E-state index contributed by atoms with van der Waals surface area (Å²) in [6, 6.07) is 6.49. The maximum Gasteiger partial charge on any atom is 0.312 e. The minimum atomic E-state index is -0.643. The Bertz CT molecular complexity index is 824. The van der Waals surface area contributed by atoms with Gasteiger partial charge < -0.3 is 25.8 Å². The molecule has 2 unspecified atom stereocenters. The van der Waals surface area contributed by atoms with Crippen LogP contribution in [0.15, 0.2) is 36.7 Å². The largest absolute Gasteiger partial charge is 0.352 e. The van der Waals surface area contributed by atoms with Crippen molar-refractivity contribution in [2.75, 3.05) is 19.6 Å². The van der Waals surface area contributed by atoms with Gasteiger partial charge in [-0.25, -0.2) is 9.78 Å². The maximum absolute atomic E-state index is 13.1. The number of carbonyl (C=O) groups is 2. The predicted molar refractivity (Wildman–Crippen MR) is 109 cm³/mol. The van der Waals surface area contributed by atoms with Gasteiger partial charge in [0, 0.05) is 39.1 Å². The first kappa shape index (κ1) is 21.7. The molecule has 1 aromatic carbocycles. The van der Waals surface area contributed by atoms with Crippen LogP contribution in [0.1, 0.15) is 35.5 Å². The van der Waals surface area contributed by atoms with E-state index in [-0.39, 0.29) is 30.8 Å². The number of rotatable bonds is 5. The normalized spacial score (nSPS) is 17.5. The highest BCUT2D eigenvalue weighted by molar-refractivity contribution is 5.85. The Labute approximate surface area is 170 Å². The summed E-state index contributed by atoms with van der Waals surface area (Å²) in [6.07, 6.45) is 3.75. The quantitative estimate of drug-likeness (QED) is 0.698. The van der Waals surface area contributed by atoms with Crippen molar-refractivity contribution < 1.29 is 9.59 Å². The number of imidazole rings is 1. The zero-order valence-electron chi connectivity index (χ0n) is 16.1. The maximum atomic E-state index is 13.1. The van der Waals surface area contributed by atoms with Crippen molar-refractivity contribution in [2.45, 2.75) is 25.4 Å². The van der Waals surface area contributed by atoms with Crippen LogP contribution in [0, 0.1) is 6.92 Å². The van der Waals surface area contributed by atoms with Crippen LogP contribution in [0.4, 0.5) is 4.79 Å². The summed E-state index contributed by atoms with van der Waals surface area (Å²) in [6.45, 7) is 3.94. The monoisotopic (exact) mass is 406 g/mol. The molecule has 28 heavy (non-hydrogen) atoms. The van der Waals surface area contributed by atoms with E-state index in [1.165, 1.54) is 0 Å². The Morgan fingerprint density at radius 3 is 2.86 bits per heavy atom. The Hall–Kier alpha value is -2.58. The van der Waals surface area contributed by atoms with Crippen molar-refractivity contribution in [2.24, 2.45) is 12.8 Å². The summed E-state index contributed by atoms with van der Waals surface area (Å²) in [7, 11) is 1.92. The lowest BCUT2D eigenvalue weighted by Crippen LogP contribution is -2.50. The fourth-order valence-electron chi connectivity index (χ4n) is 3.53. The molecular formula is C19H27ClN6O2. The molecule has 0 spiro atoms. The van der Waals surface area contributed by atoms with Gasteiger partial charge in [0.15, 0.2) is 0 Å². The number of halogens is 1. The zero-order chi connectivity index (χ0) is 19.4. The van der Waals surface area contributed by atoms with Gasteiger partial charge in [-0.15, -0.1) is 12.4 Å². The third-order valence-electron chi connectivity index (χ3n) is 4.86. The second-order valence-electron chi connectivity index (χ2n) is 6.88. The molecule has 4 N–H and O–H groups in total. The van der Waals surface area contributed by atoms with Crippen molar-refractivity contribution in [1.82, 2.24) is 25.1 Å². The minimum absolute atomic E-state index is 0. The molecule has 1 aliphatic rings. The zero-order valence-corrected chi connectivity index (χ0v) is 16.9. The lowest BCUT2D eigenvalue weighted by atomic mass is 10.00.